The zero-order valence-corrected chi connectivity index (χ0v) is 24.2. The fourth-order valence-corrected chi connectivity index (χ4v) is 5.20. The minimum Gasteiger partial charge on any atom is -0.375 e. The maximum absolute atomic E-state index is 12.4. The summed E-state index contributed by atoms with van der Waals surface area (Å²) in [4.78, 5) is 19.1. The molecule has 0 saturated carbocycles. The lowest BCUT2D eigenvalue weighted by atomic mass is 10.0. The number of amides is 1. The molecule has 206 valence electrons. The minimum absolute atomic E-state index is 0.166. The molecule has 1 aromatic heterocycles. The summed E-state index contributed by atoms with van der Waals surface area (Å²) in [7, 11) is 1.50. The molecule has 2 heterocycles. The molecule has 7 nitrogen and oxygen atoms in total. The number of nitrogens with two attached hydrogens (primary N) is 2. The number of aryl methyl sites for hydroxylation is 1. The number of benzene rings is 2. The van der Waals surface area contributed by atoms with Crippen molar-refractivity contribution in [2.24, 2.45) is 5.73 Å². The topological polar surface area (TPSA) is 121 Å². The van der Waals surface area contributed by atoms with Crippen LogP contribution in [-0.4, -0.2) is 48.7 Å². The van der Waals surface area contributed by atoms with E-state index in [-0.39, 0.29) is 11.9 Å². The first-order valence-corrected chi connectivity index (χ1v) is 14.3. The van der Waals surface area contributed by atoms with E-state index in [1.807, 2.05) is 23.6 Å². The number of carbonyl (C=O) groups excluding carboxylic acids is 1. The highest BCUT2D eigenvalue weighted by Crippen LogP contribution is 2.25. The fraction of sp³-hybridized carbons (Fsp3) is 0.393. The zero-order chi connectivity index (χ0) is 27.9. The van der Waals surface area contributed by atoms with Gasteiger partial charge in [0.25, 0.3) is 0 Å². The first kappa shape index (κ1) is 31.7. The number of aromatic nitrogens is 1. The Bertz CT molecular complexity index is 1120. The Hall–Kier alpha value is -2.49. The van der Waals surface area contributed by atoms with Gasteiger partial charge >= 0.3 is 0 Å². The first-order valence-electron chi connectivity index (χ1n) is 12.7. The van der Waals surface area contributed by atoms with E-state index >= 15 is 0 Å². The lowest BCUT2D eigenvalue weighted by Crippen LogP contribution is -2.44. The second kappa shape index (κ2) is 17.2. The maximum Gasteiger partial charge on any atom is 0.220 e. The smallest absolute Gasteiger partial charge is 0.220 e. The van der Waals surface area contributed by atoms with Gasteiger partial charge in [-0.2, -0.15) is 0 Å². The number of anilines is 1. The molecule has 38 heavy (non-hydrogen) atoms. The number of halogens is 2. The number of rotatable bonds is 9. The van der Waals surface area contributed by atoms with Crippen molar-refractivity contribution in [2.45, 2.75) is 51.1 Å². The van der Waals surface area contributed by atoms with E-state index in [1.165, 1.54) is 29.5 Å². The number of carbonyl (C=O) groups is 1. The molecule has 0 unspecified atom stereocenters. The summed E-state index contributed by atoms with van der Waals surface area (Å²) in [5, 5.41) is 12.5. The molecule has 3 aromatic rings. The summed E-state index contributed by atoms with van der Waals surface area (Å²) < 4.78 is 0. The van der Waals surface area contributed by atoms with Crippen LogP contribution in [0.5, 0.6) is 0 Å². The van der Waals surface area contributed by atoms with Gasteiger partial charge in [-0.1, -0.05) is 53.5 Å². The number of thiazole rings is 1. The molecule has 0 spiro atoms. The molecular formula is C28H38Cl2N6OS. The van der Waals surface area contributed by atoms with E-state index in [2.05, 4.69) is 51.9 Å². The number of nitrogens with zero attached hydrogens (tertiary/aromatic N) is 2. The van der Waals surface area contributed by atoms with Crippen LogP contribution in [0.4, 0.5) is 5.13 Å². The van der Waals surface area contributed by atoms with Crippen LogP contribution < -0.4 is 16.8 Å². The highest BCUT2D eigenvalue weighted by atomic mass is 35.5. The van der Waals surface area contributed by atoms with Gasteiger partial charge in [0.15, 0.2) is 5.13 Å². The summed E-state index contributed by atoms with van der Waals surface area (Å²) in [6, 6.07) is 14.5. The third-order valence-electron chi connectivity index (χ3n) is 6.23. The van der Waals surface area contributed by atoms with Gasteiger partial charge in [0.05, 0.1) is 15.7 Å². The number of hydrogen-bond acceptors (Lipinski definition) is 7. The Kier molecular flexibility index (Phi) is 14.3. The van der Waals surface area contributed by atoms with Crippen LogP contribution in [0.3, 0.4) is 0 Å². The molecule has 4 rings (SSSR count). The van der Waals surface area contributed by atoms with E-state index in [0.29, 0.717) is 21.6 Å². The van der Waals surface area contributed by atoms with E-state index in [1.54, 1.807) is 0 Å². The molecule has 1 saturated heterocycles. The Morgan fingerprint density at radius 1 is 1.08 bits per heavy atom. The van der Waals surface area contributed by atoms with Crippen LogP contribution in [-0.2, 0) is 17.8 Å². The lowest BCUT2D eigenvalue weighted by Gasteiger charge is -2.32. The number of piperidine rings is 1. The van der Waals surface area contributed by atoms with Gasteiger partial charge in [0, 0.05) is 43.0 Å². The predicted octanol–water partition coefficient (Wildman–Crippen LogP) is 6.03. The standard InChI is InChI=1S/C26H30Cl2N4OS.CH5N.CH3N/c27-22-10-7-19(15-23(22)28)16-32-13-11-21(12-14-32)30-25(33)4-2-1-3-18-5-8-20(9-6-18)24-17-34-26(29)31-24;2*1-2/h5-10,15,17,21H,1-4,11-14,16H2,(H2,29,31)(H,30,33);2H2,1H3;2H,1H2. The number of nitrogen functional groups attached to an aromatic ring is 1. The van der Waals surface area contributed by atoms with Crippen LogP contribution in [0.2, 0.25) is 10.0 Å². The summed E-state index contributed by atoms with van der Waals surface area (Å²) in [6.07, 6.45) is 5.40. The van der Waals surface area contributed by atoms with Crippen molar-refractivity contribution >= 4 is 52.3 Å². The Balaban J connectivity index is 0.00000121. The molecule has 1 fully saturated rings. The lowest BCUT2D eigenvalue weighted by molar-refractivity contribution is -0.122. The van der Waals surface area contributed by atoms with Crippen LogP contribution in [0.25, 0.3) is 11.3 Å². The van der Waals surface area contributed by atoms with E-state index in [4.69, 9.17) is 34.3 Å². The Morgan fingerprint density at radius 2 is 1.74 bits per heavy atom. The van der Waals surface area contributed by atoms with Crippen molar-refractivity contribution in [2.75, 3.05) is 25.9 Å². The van der Waals surface area contributed by atoms with Crippen molar-refractivity contribution in [1.29, 1.82) is 5.41 Å². The van der Waals surface area contributed by atoms with E-state index < -0.39 is 0 Å². The van der Waals surface area contributed by atoms with Gasteiger partial charge in [-0.3, -0.25) is 9.69 Å². The Morgan fingerprint density at radius 3 is 2.34 bits per heavy atom. The highest BCUT2D eigenvalue weighted by molar-refractivity contribution is 7.13. The maximum atomic E-state index is 12.4. The van der Waals surface area contributed by atoms with Crippen molar-refractivity contribution < 1.29 is 4.79 Å². The third kappa shape index (κ3) is 10.3. The van der Waals surface area contributed by atoms with Gasteiger partial charge < -0.3 is 22.2 Å². The summed E-state index contributed by atoms with van der Waals surface area (Å²) >= 11 is 13.6. The second-order valence-electron chi connectivity index (χ2n) is 8.84. The average molecular weight is 578 g/mol. The van der Waals surface area contributed by atoms with Gasteiger partial charge in [0.2, 0.25) is 5.91 Å². The second-order valence-corrected chi connectivity index (χ2v) is 10.5. The SMILES string of the molecule is C=N.CN.Nc1nc(-c2ccc(CCCCC(=O)NC3CCN(Cc4ccc(Cl)c(Cl)c4)CC3)cc2)cs1. The number of hydrogen-bond donors (Lipinski definition) is 4. The molecule has 0 atom stereocenters. The molecule has 10 heteroatoms. The van der Waals surface area contributed by atoms with Crippen LogP contribution >= 0.6 is 34.5 Å². The summed E-state index contributed by atoms with van der Waals surface area (Å²) in [6.45, 7) is 5.29. The fourth-order valence-electron chi connectivity index (χ4n) is 4.31. The minimum atomic E-state index is 0.166. The Labute approximate surface area is 240 Å². The van der Waals surface area contributed by atoms with Gasteiger partial charge in [-0.05, 0) is 69.1 Å². The normalized spacial score (nSPS) is 13.6. The van der Waals surface area contributed by atoms with Crippen molar-refractivity contribution in [3.05, 3.63) is 69.0 Å². The van der Waals surface area contributed by atoms with Crippen molar-refractivity contribution in [1.82, 2.24) is 15.2 Å². The van der Waals surface area contributed by atoms with Gasteiger partial charge in [-0.25, -0.2) is 4.98 Å². The van der Waals surface area contributed by atoms with E-state index in [9.17, 15) is 4.79 Å². The molecule has 0 aliphatic carbocycles. The molecule has 1 aliphatic rings. The predicted molar refractivity (Wildman–Crippen MR) is 162 cm³/mol. The van der Waals surface area contributed by atoms with Crippen LogP contribution in [0.1, 0.15) is 43.2 Å². The zero-order valence-electron chi connectivity index (χ0n) is 21.9. The molecule has 6 N–H and O–H groups in total. The molecule has 0 bridgehead atoms. The monoisotopic (exact) mass is 576 g/mol. The number of nitrogens with one attached hydrogen (secondary N) is 2. The average Bonchev–Trinajstić information content (AvgIpc) is 3.39. The number of likely N-dealkylation sites (tertiary alicyclic amines) is 1. The van der Waals surface area contributed by atoms with Gasteiger partial charge in [0.1, 0.15) is 0 Å². The summed E-state index contributed by atoms with van der Waals surface area (Å²) in [5.41, 5.74) is 14.7. The van der Waals surface area contributed by atoms with Crippen molar-refractivity contribution in [3.8, 4) is 11.3 Å². The first-order chi connectivity index (χ1) is 18.5. The number of unbranched alkanes of at least 4 members (excludes halogenated alkanes) is 1. The van der Waals surface area contributed by atoms with E-state index in [0.717, 1.165) is 63.0 Å². The quantitative estimate of drug-likeness (QED) is 0.183. The highest BCUT2D eigenvalue weighted by Gasteiger charge is 2.20. The molecular weight excluding hydrogens is 539 g/mol. The molecule has 0 radical (unpaired) electrons. The molecule has 2 aromatic carbocycles. The third-order valence-corrected chi connectivity index (χ3v) is 7.65. The van der Waals surface area contributed by atoms with Crippen LogP contribution in [0, 0.1) is 5.41 Å². The molecule has 1 aliphatic heterocycles. The van der Waals surface area contributed by atoms with Crippen molar-refractivity contribution in [3.63, 3.8) is 0 Å². The summed E-state index contributed by atoms with van der Waals surface area (Å²) in [5.74, 6) is 0.166. The van der Waals surface area contributed by atoms with Gasteiger partial charge in [-0.15, -0.1) is 11.3 Å². The largest absolute Gasteiger partial charge is 0.375 e. The van der Waals surface area contributed by atoms with Crippen LogP contribution in [0.15, 0.2) is 47.8 Å². The molecule has 1 amide bonds.